The van der Waals surface area contributed by atoms with Crippen LogP contribution in [0.5, 0.6) is 0 Å². The molecule has 1 saturated heterocycles. The van der Waals surface area contributed by atoms with Crippen LogP contribution in [0.4, 0.5) is 33.3 Å². The summed E-state index contributed by atoms with van der Waals surface area (Å²) in [6, 6.07) is 1.90. The van der Waals surface area contributed by atoms with Crippen LogP contribution in [0.3, 0.4) is 0 Å². The zero-order valence-electron chi connectivity index (χ0n) is 17.2. The molecule has 12 heteroatoms. The van der Waals surface area contributed by atoms with E-state index in [1.54, 1.807) is 0 Å². The third kappa shape index (κ3) is 6.14. The largest absolute Gasteiger partial charge is 0.418 e. The summed E-state index contributed by atoms with van der Waals surface area (Å²) >= 11 is 0. The molecule has 3 rings (SSSR count). The molecule has 1 aliphatic heterocycles. The monoisotopic (exact) mass is 464 g/mol. The minimum Gasteiger partial charge on any atom is -0.370 e. The highest BCUT2D eigenvalue weighted by atomic mass is 19.4. The van der Waals surface area contributed by atoms with Crippen molar-refractivity contribution >= 4 is 23.2 Å². The Morgan fingerprint density at radius 3 is 2.59 bits per heavy atom. The molecule has 1 heterocycles. The Morgan fingerprint density at radius 1 is 1.31 bits per heavy atom. The van der Waals surface area contributed by atoms with Crippen LogP contribution in [0, 0.1) is 5.92 Å². The number of hydrogen-bond acceptors (Lipinski definition) is 5. The third-order valence-electron chi connectivity index (χ3n) is 5.39. The molecule has 0 aromatic heterocycles. The van der Waals surface area contributed by atoms with Gasteiger partial charge in [-0.3, -0.25) is 14.5 Å². The Morgan fingerprint density at radius 2 is 2.03 bits per heavy atom. The Balaban J connectivity index is 1.83. The van der Waals surface area contributed by atoms with E-state index in [1.165, 1.54) is 15.9 Å². The Bertz CT molecular complexity index is 828. The molecule has 1 aromatic carbocycles. The number of nitrogens with zero attached hydrogens (tertiary/aromatic N) is 2. The van der Waals surface area contributed by atoms with Crippen LogP contribution in [0.25, 0.3) is 0 Å². The maximum Gasteiger partial charge on any atom is 0.418 e. The van der Waals surface area contributed by atoms with Crippen molar-refractivity contribution in [2.75, 3.05) is 49.6 Å². The van der Waals surface area contributed by atoms with E-state index in [9.17, 15) is 31.5 Å². The van der Waals surface area contributed by atoms with Crippen molar-refractivity contribution in [1.29, 1.82) is 0 Å². The van der Waals surface area contributed by atoms with Crippen LogP contribution in [0.1, 0.15) is 18.4 Å². The van der Waals surface area contributed by atoms with Gasteiger partial charge >= 0.3 is 6.18 Å². The zero-order chi connectivity index (χ0) is 23.5. The van der Waals surface area contributed by atoms with Crippen molar-refractivity contribution in [2.24, 2.45) is 11.7 Å². The maximum absolute atomic E-state index is 13.7. The first-order chi connectivity index (χ1) is 15.1. The first-order valence-corrected chi connectivity index (χ1v) is 10.2. The van der Waals surface area contributed by atoms with E-state index in [-0.39, 0.29) is 44.5 Å². The Kier molecular flexibility index (Phi) is 7.67. The van der Waals surface area contributed by atoms with Crippen LogP contribution in [0.2, 0.25) is 0 Å². The van der Waals surface area contributed by atoms with Crippen LogP contribution < -0.4 is 16.0 Å². The topological polar surface area (TPSA) is 87.9 Å². The first kappa shape index (κ1) is 24.3. The summed E-state index contributed by atoms with van der Waals surface area (Å²) in [5.74, 6) is -1.20. The maximum atomic E-state index is 13.7. The number of alkyl halides is 5. The normalized spacial score (nSPS) is 18.4. The Labute approximate surface area is 181 Å². The van der Waals surface area contributed by atoms with Gasteiger partial charge in [0.15, 0.2) is 0 Å². The van der Waals surface area contributed by atoms with E-state index >= 15 is 0 Å². The summed E-state index contributed by atoms with van der Waals surface area (Å²) in [6.45, 7) is -0.753. The number of nitrogens with one attached hydrogen (secondary N) is 1. The highest BCUT2D eigenvalue weighted by molar-refractivity contribution is 5.98. The number of rotatable bonds is 9. The number of nitrogens with two attached hydrogens (primary N) is 1. The lowest BCUT2D eigenvalue weighted by molar-refractivity contribution is -0.137. The lowest BCUT2D eigenvalue weighted by atomic mass is 10.1. The number of carbonyl (C=O) groups excluding carboxylic acids is 2. The second-order valence-electron chi connectivity index (χ2n) is 7.85. The fourth-order valence-corrected chi connectivity index (χ4v) is 3.61. The lowest BCUT2D eigenvalue weighted by Gasteiger charge is -2.30. The van der Waals surface area contributed by atoms with Crippen molar-refractivity contribution < 1.29 is 36.3 Å². The molecular weight excluding hydrogens is 439 g/mol. The summed E-state index contributed by atoms with van der Waals surface area (Å²) in [6.07, 6.45) is -5.85. The van der Waals surface area contributed by atoms with Gasteiger partial charge in [0.05, 0.1) is 24.4 Å². The number of benzene rings is 1. The van der Waals surface area contributed by atoms with Crippen LogP contribution in [0.15, 0.2) is 18.2 Å². The highest BCUT2D eigenvalue weighted by Crippen LogP contribution is 2.38. The second-order valence-corrected chi connectivity index (χ2v) is 7.85. The van der Waals surface area contributed by atoms with Gasteiger partial charge in [-0.1, -0.05) is 0 Å². The fraction of sp³-hybridized carbons (Fsp3) is 0.600. The van der Waals surface area contributed by atoms with E-state index in [4.69, 9.17) is 10.5 Å². The van der Waals surface area contributed by atoms with Gasteiger partial charge in [0.2, 0.25) is 5.91 Å². The predicted octanol–water partition coefficient (Wildman–Crippen LogP) is 2.31. The molecule has 32 heavy (non-hydrogen) atoms. The van der Waals surface area contributed by atoms with E-state index < -0.39 is 48.3 Å². The molecule has 2 fully saturated rings. The molecule has 1 aromatic rings. The van der Waals surface area contributed by atoms with Crippen molar-refractivity contribution in [3.05, 3.63) is 23.8 Å². The fourth-order valence-electron chi connectivity index (χ4n) is 3.61. The average molecular weight is 464 g/mol. The highest BCUT2D eigenvalue weighted by Gasteiger charge is 2.37. The number of ether oxygens (including phenoxy) is 1. The lowest BCUT2D eigenvalue weighted by Crippen LogP contribution is -2.51. The standard InChI is InChI=1S/C20H25F5N4O3/c21-17(22)10-28(9-12-1-2-12)16(8-26)19(31)27-15-4-3-13(7-14(15)20(23,24)25)29-5-6-32-11-18(29)30/h3-4,7,12,16-17H,1-2,5-6,8-11,26H2,(H,27,31)/t16-/m1/s1. The summed E-state index contributed by atoms with van der Waals surface area (Å²) in [5.41, 5.74) is 3.97. The molecule has 1 aliphatic carbocycles. The average Bonchev–Trinajstić information content (AvgIpc) is 3.52. The minimum absolute atomic E-state index is 0.0204. The van der Waals surface area contributed by atoms with Gasteiger partial charge in [-0.05, 0) is 37.0 Å². The third-order valence-corrected chi connectivity index (χ3v) is 5.39. The summed E-state index contributed by atoms with van der Waals surface area (Å²) in [4.78, 5) is 27.1. The van der Waals surface area contributed by atoms with Crippen LogP contribution in [-0.4, -0.2) is 68.6 Å². The molecule has 0 unspecified atom stereocenters. The van der Waals surface area contributed by atoms with Gasteiger partial charge in [-0.25, -0.2) is 8.78 Å². The summed E-state index contributed by atoms with van der Waals surface area (Å²) < 4.78 is 72.2. The molecule has 2 amide bonds. The van der Waals surface area contributed by atoms with Crippen LogP contribution in [-0.2, 0) is 20.5 Å². The van der Waals surface area contributed by atoms with E-state index in [0.717, 1.165) is 25.0 Å². The van der Waals surface area contributed by atoms with Crippen molar-refractivity contribution in [3.8, 4) is 0 Å². The summed E-state index contributed by atoms with van der Waals surface area (Å²) in [5, 5.41) is 2.20. The van der Waals surface area contributed by atoms with Crippen LogP contribution >= 0.6 is 0 Å². The molecule has 0 radical (unpaired) electrons. The van der Waals surface area contributed by atoms with Gasteiger partial charge in [0, 0.05) is 25.3 Å². The molecule has 1 atom stereocenters. The summed E-state index contributed by atoms with van der Waals surface area (Å²) in [7, 11) is 0. The van der Waals surface area contributed by atoms with E-state index in [1.807, 2.05) is 0 Å². The molecule has 2 aliphatic rings. The quantitative estimate of drug-likeness (QED) is 0.548. The predicted molar refractivity (Wildman–Crippen MR) is 106 cm³/mol. The van der Waals surface area contributed by atoms with Crippen molar-refractivity contribution in [2.45, 2.75) is 31.5 Å². The number of morpholine rings is 1. The number of anilines is 2. The molecule has 1 saturated carbocycles. The zero-order valence-corrected chi connectivity index (χ0v) is 17.2. The molecule has 0 bridgehead atoms. The Hall–Kier alpha value is -2.31. The molecule has 178 valence electrons. The number of hydrogen-bond donors (Lipinski definition) is 2. The first-order valence-electron chi connectivity index (χ1n) is 10.2. The molecule has 7 nitrogen and oxygen atoms in total. The smallest absolute Gasteiger partial charge is 0.370 e. The van der Waals surface area contributed by atoms with Gasteiger partial charge in [0.25, 0.3) is 12.3 Å². The van der Waals surface area contributed by atoms with Crippen molar-refractivity contribution in [1.82, 2.24) is 4.90 Å². The van der Waals surface area contributed by atoms with Crippen molar-refractivity contribution in [3.63, 3.8) is 0 Å². The van der Waals surface area contributed by atoms with E-state index in [2.05, 4.69) is 5.32 Å². The second kappa shape index (κ2) is 10.1. The SMILES string of the molecule is NC[C@H](C(=O)Nc1ccc(N2CCOCC2=O)cc1C(F)(F)F)N(CC(F)F)CC1CC1. The van der Waals surface area contributed by atoms with Gasteiger partial charge in [-0.15, -0.1) is 0 Å². The molecule has 3 N–H and O–H groups in total. The number of halogens is 5. The number of carbonyl (C=O) groups is 2. The van der Waals surface area contributed by atoms with Gasteiger partial charge in [0.1, 0.15) is 12.6 Å². The van der Waals surface area contributed by atoms with E-state index in [0.29, 0.717) is 0 Å². The minimum atomic E-state index is -4.83. The van der Waals surface area contributed by atoms with Gasteiger partial charge in [-0.2, -0.15) is 13.2 Å². The molecule has 0 spiro atoms. The molecular formula is C20H25F5N4O3. The van der Waals surface area contributed by atoms with Gasteiger partial charge < -0.3 is 20.7 Å². The number of amides is 2.